The van der Waals surface area contributed by atoms with Crippen molar-refractivity contribution in [1.82, 2.24) is 4.98 Å². The van der Waals surface area contributed by atoms with Gasteiger partial charge in [0.05, 0.1) is 5.69 Å². The predicted octanol–water partition coefficient (Wildman–Crippen LogP) is 1.26. The van der Waals surface area contributed by atoms with Gasteiger partial charge < -0.3 is 14.5 Å². The van der Waals surface area contributed by atoms with Gasteiger partial charge in [-0.05, 0) is 24.9 Å². The van der Waals surface area contributed by atoms with E-state index in [1.807, 2.05) is 26.0 Å². The third-order valence-electron chi connectivity index (χ3n) is 2.69. The highest BCUT2D eigenvalue weighted by atomic mass is 32.2. The molecule has 0 unspecified atom stereocenters. The molecule has 0 fully saturated rings. The molecule has 0 radical (unpaired) electrons. The number of aryl methyl sites for hydroxylation is 2. The summed E-state index contributed by atoms with van der Waals surface area (Å²) in [5.74, 6) is 1.40. The van der Waals surface area contributed by atoms with Crippen molar-refractivity contribution in [2.24, 2.45) is 0 Å². The van der Waals surface area contributed by atoms with Crippen molar-refractivity contribution in [3.63, 3.8) is 0 Å². The summed E-state index contributed by atoms with van der Waals surface area (Å²) in [6.07, 6.45) is 0. The van der Waals surface area contributed by atoms with Gasteiger partial charge in [0.15, 0.2) is 0 Å². The first-order valence-electron chi connectivity index (χ1n) is 5.58. The van der Waals surface area contributed by atoms with Crippen LogP contribution in [0.25, 0.3) is 0 Å². The van der Waals surface area contributed by atoms with Crippen LogP contribution in [0.15, 0.2) is 33.9 Å². The molecule has 2 rings (SSSR count). The summed E-state index contributed by atoms with van der Waals surface area (Å²) in [5, 5.41) is 19.1. The fraction of sp³-hybridized carbons (Fsp3) is 0.250. The number of aromatic nitrogens is 1. The lowest BCUT2D eigenvalue weighted by Crippen LogP contribution is -2.32. The summed E-state index contributed by atoms with van der Waals surface area (Å²) in [6.45, 7) is 3.77. The molecule has 2 N–H and O–H groups in total. The Morgan fingerprint density at radius 3 is 2.61 bits per heavy atom. The molecular formula is C12H14BNO3S. The molecule has 1 heterocycles. The number of rotatable bonds is 4. The first kappa shape index (κ1) is 13.2. The normalized spacial score (nSPS) is 10.7. The maximum atomic E-state index is 9.26. The Labute approximate surface area is 110 Å². The molecule has 18 heavy (non-hydrogen) atoms. The number of oxazole rings is 1. The summed E-state index contributed by atoms with van der Waals surface area (Å²) in [6, 6.07) is 7.22. The quantitative estimate of drug-likeness (QED) is 0.642. The summed E-state index contributed by atoms with van der Waals surface area (Å²) in [7, 11) is -1.45. The van der Waals surface area contributed by atoms with E-state index in [2.05, 4.69) is 4.98 Å². The van der Waals surface area contributed by atoms with Gasteiger partial charge in [-0.15, -0.1) is 0 Å². The number of benzene rings is 1. The molecule has 0 saturated heterocycles. The van der Waals surface area contributed by atoms with E-state index in [0.29, 0.717) is 16.4 Å². The van der Waals surface area contributed by atoms with Crippen molar-refractivity contribution >= 4 is 24.3 Å². The van der Waals surface area contributed by atoms with Crippen LogP contribution in [-0.4, -0.2) is 22.2 Å². The van der Waals surface area contributed by atoms with E-state index < -0.39 is 7.12 Å². The fourth-order valence-electron chi connectivity index (χ4n) is 1.56. The van der Waals surface area contributed by atoms with Crippen molar-refractivity contribution in [2.75, 3.05) is 0 Å². The molecule has 0 spiro atoms. The van der Waals surface area contributed by atoms with Gasteiger partial charge in [-0.2, -0.15) is 0 Å². The van der Waals surface area contributed by atoms with Crippen molar-refractivity contribution in [3.8, 4) is 0 Å². The van der Waals surface area contributed by atoms with Crippen LogP contribution < -0.4 is 5.46 Å². The second-order valence-electron chi connectivity index (χ2n) is 3.98. The maximum absolute atomic E-state index is 9.26. The van der Waals surface area contributed by atoms with Crippen LogP contribution in [0.4, 0.5) is 0 Å². The van der Waals surface area contributed by atoms with Gasteiger partial charge in [-0.25, -0.2) is 4.98 Å². The van der Waals surface area contributed by atoms with Gasteiger partial charge in [-0.1, -0.05) is 36.0 Å². The summed E-state index contributed by atoms with van der Waals surface area (Å²) < 4.78 is 5.46. The Kier molecular flexibility index (Phi) is 4.11. The zero-order valence-electron chi connectivity index (χ0n) is 10.3. The van der Waals surface area contributed by atoms with Gasteiger partial charge in [-0.3, -0.25) is 0 Å². The molecule has 1 aromatic carbocycles. The molecule has 4 nitrogen and oxygen atoms in total. The van der Waals surface area contributed by atoms with Gasteiger partial charge in [0.1, 0.15) is 5.76 Å². The Hall–Kier alpha value is -1.24. The monoisotopic (exact) mass is 263 g/mol. The minimum atomic E-state index is -1.45. The highest BCUT2D eigenvalue weighted by molar-refractivity contribution is 7.98. The van der Waals surface area contributed by atoms with Gasteiger partial charge >= 0.3 is 7.12 Å². The molecule has 0 bridgehead atoms. The van der Waals surface area contributed by atoms with Crippen molar-refractivity contribution in [1.29, 1.82) is 0 Å². The van der Waals surface area contributed by atoms with Crippen LogP contribution in [0.1, 0.15) is 17.0 Å². The van der Waals surface area contributed by atoms with Crippen molar-refractivity contribution in [2.45, 2.75) is 24.8 Å². The van der Waals surface area contributed by atoms with Crippen LogP contribution in [0.5, 0.6) is 0 Å². The highest BCUT2D eigenvalue weighted by Crippen LogP contribution is 2.23. The Morgan fingerprint density at radius 2 is 2.00 bits per heavy atom. The zero-order valence-corrected chi connectivity index (χ0v) is 11.1. The van der Waals surface area contributed by atoms with Crippen LogP contribution in [0.2, 0.25) is 0 Å². The molecule has 0 atom stereocenters. The zero-order chi connectivity index (χ0) is 13.1. The molecule has 0 aliphatic heterocycles. The van der Waals surface area contributed by atoms with E-state index in [9.17, 15) is 10.0 Å². The molecule has 1 aromatic heterocycles. The molecule has 0 aliphatic rings. The van der Waals surface area contributed by atoms with Gasteiger partial charge in [0, 0.05) is 5.75 Å². The molecular weight excluding hydrogens is 249 g/mol. The Bertz CT molecular complexity index is 522. The van der Waals surface area contributed by atoms with Crippen LogP contribution >= 0.6 is 11.8 Å². The number of hydrogen-bond donors (Lipinski definition) is 2. The molecule has 94 valence electrons. The maximum Gasteiger partial charge on any atom is 0.488 e. The topological polar surface area (TPSA) is 66.5 Å². The lowest BCUT2D eigenvalue weighted by Gasteiger charge is -2.06. The SMILES string of the molecule is Cc1nc(SCc2ccccc2B(O)O)oc1C. The first-order chi connectivity index (χ1) is 8.58. The summed E-state index contributed by atoms with van der Waals surface area (Å²) >= 11 is 1.44. The average molecular weight is 263 g/mol. The highest BCUT2D eigenvalue weighted by Gasteiger charge is 2.16. The standard InChI is InChI=1S/C12H14BNO3S/c1-8-9(2)17-12(14-8)18-7-10-5-3-4-6-11(10)13(15)16/h3-6,15-16H,7H2,1-2H3. The minimum Gasteiger partial charge on any atom is -0.437 e. The van der Waals surface area contributed by atoms with Gasteiger partial charge in [0.2, 0.25) is 0 Å². The van der Waals surface area contributed by atoms with Crippen molar-refractivity contribution < 1.29 is 14.5 Å². The largest absolute Gasteiger partial charge is 0.488 e. The van der Waals surface area contributed by atoms with Gasteiger partial charge in [0.25, 0.3) is 5.22 Å². The van der Waals surface area contributed by atoms with E-state index >= 15 is 0 Å². The predicted molar refractivity (Wildman–Crippen MR) is 71.8 cm³/mol. The van der Waals surface area contributed by atoms with Crippen molar-refractivity contribution in [3.05, 3.63) is 41.3 Å². The van der Waals surface area contributed by atoms with Crippen LogP contribution in [0.3, 0.4) is 0 Å². The summed E-state index contributed by atoms with van der Waals surface area (Å²) in [4.78, 5) is 4.27. The fourth-order valence-corrected chi connectivity index (χ4v) is 2.49. The molecule has 6 heteroatoms. The second kappa shape index (κ2) is 5.60. The minimum absolute atomic E-state index is 0.519. The van der Waals surface area contributed by atoms with E-state index in [1.54, 1.807) is 12.1 Å². The lowest BCUT2D eigenvalue weighted by atomic mass is 9.77. The van der Waals surface area contributed by atoms with E-state index in [0.717, 1.165) is 17.0 Å². The van der Waals surface area contributed by atoms with Crippen LogP contribution in [0, 0.1) is 13.8 Å². The third kappa shape index (κ3) is 2.96. The number of hydrogen-bond acceptors (Lipinski definition) is 5. The number of thioether (sulfide) groups is 1. The Balaban J connectivity index is 2.10. The molecule has 0 saturated carbocycles. The summed E-state index contributed by atoms with van der Waals surface area (Å²) in [5.41, 5.74) is 2.27. The Morgan fingerprint density at radius 1 is 1.28 bits per heavy atom. The molecule has 0 amide bonds. The van der Waals surface area contributed by atoms with E-state index in [4.69, 9.17) is 4.42 Å². The second-order valence-corrected chi connectivity index (χ2v) is 4.91. The first-order valence-corrected chi connectivity index (χ1v) is 6.57. The van der Waals surface area contributed by atoms with E-state index in [-0.39, 0.29) is 0 Å². The average Bonchev–Trinajstić information content (AvgIpc) is 2.66. The third-order valence-corrected chi connectivity index (χ3v) is 3.57. The molecule has 2 aromatic rings. The van der Waals surface area contributed by atoms with E-state index in [1.165, 1.54) is 11.8 Å². The van der Waals surface area contributed by atoms with Crippen LogP contribution in [-0.2, 0) is 5.75 Å². The number of nitrogens with zero attached hydrogens (tertiary/aromatic N) is 1. The smallest absolute Gasteiger partial charge is 0.437 e. The molecule has 0 aliphatic carbocycles. The lowest BCUT2D eigenvalue weighted by molar-refractivity contribution is 0.425.